The summed E-state index contributed by atoms with van der Waals surface area (Å²) in [6.45, 7) is 3.49. The molecule has 0 aliphatic carbocycles. The lowest BCUT2D eigenvalue weighted by atomic mass is 9.99. The zero-order chi connectivity index (χ0) is 19.3. The first kappa shape index (κ1) is 18.4. The monoisotopic (exact) mass is 378 g/mol. The Balaban J connectivity index is 1.26. The van der Waals surface area contributed by atoms with Crippen LogP contribution in [0.25, 0.3) is 11.3 Å². The van der Waals surface area contributed by atoms with Gasteiger partial charge in [-0.2, -0.15) is 5.10 Å². The number of aromatic nitrogens is 2. The molecule has 1 saturated heterocycles. The summed E-state index contributed by atoms with van der Waals surface area (Å²) in [5, 5.41) is 9.85. The zero-order valence-electron chi connectivity index (χ0n) is 15.6. The molecule has 1 fully saturated rings. The average molecular weight is 378 g/mol. The van der Waals surface area contributed by atoms with Gasteiger partial charge in [-0.1, -0.05) is 30.3 Å². The number of likely N-dealkylation sites (tertiary alicyclic amines) is 1. The summed E-state index contributed by atoms with van der Waals surface area (Å²) in [5.41, 5.74) is 3.18. The van der Waals surface area contributed by atoms with E-state index in [0.29, 0.717) is 23.9 Å². The predicted molar refractivity (Wildman–Crippen MR) is 107 cm³/mol. The Hall–Kier alpha value is -2.99. The van der Waals surface area contributed by atoms with Crippen molar-refractivity contribution in [2.45, 2.75) is 12.3 Å². The molecule has 1 aliphatic heterocycles. The normalized spacial score (nSPS) is 17.0. The van der Waals surface area contributed by atoms with Gasteiger partial charge in [0.1, 0.15) is 11.5 Å². The predicted octanol–water partition coefficient (Wildman–Crippen LogP) is 3.44. The van der Waals surface area contributed by atoms with Gasteiger partial charge in [-0.05, 0) is 54.8 Å². The standard InChI is InChI=1S/C22H23FN4O/c23-19-8-6-17(7-9-19)20-14-21(26-25-20)22(28)24-11-13-27-12-10-18(15-27)16-4-2-1-3-5-16/h1-9,14,18H,10-13,15H2,(H,24,28)(H,25,26)/t18-/m1/s1. The Morgan fingerprint density at radius 2 is 1.96 bits per heavy atom. The molecule has 144 valence electrons. The van der Waals surface area contributed by atoms with Crippen LogP contribution in [-0.4, -0.2) is 47.2 Å². The fraction of sp³-hybridized carbons (Fsp3) is 0.273. The van der Waals surface area contributed by atoms with Crippen LogP contribution in [0.4, 0.5) is 4.39 Å². The highest BCUT2D eigenvalue weighted by Gasteiger charge is 2.23. The number of nitrogens with zero attached hydrogens (tertiary/aromatic N) is 2. The summed E-state index contributed by atoms with van der Waals surface area (Å²) in [4.78, 5) is 14.7. The fourth-order valence-corrected chi connectivity index (χ4v) is 3.66. The highest BCUT2D eigenvalue weighted by molar-refractivity contribution is 5.93. The lowest BCUT2D eigenvalue weighted by Gasteiger charge is -2.16. The lowest BCUT2D eigenvalue weighted by molar-refractivity contribution is 0.0944. The van der Waals surface area contributed by atoms with E-state index >= 15 is 0 Å². The molecule has 3 aromatic rings. The van der Waals surface area contributed by atoms with Gasteiger partial charge in [0.2, 0.25) is 0 Å². The molecular formula is C22H23FN4O. The number of carbonyl (C=O) groups is 1. The fourth-order valence-electron chi connectivity index (χ4n) is 3.66. The number of benzene rings is 2. The van der Waals surface area contributed by atoms with Gasteiger partial charge in [0.05, 0.1) is 5.69 Å². The highest BCUT2D eigenvalue weighted by atomic mass is 19.1. The second-order valence-corrected chi connectivity index (χ2v) is 7.13. The van der Waals surface area contributed by atoms with Crippen molar-refractivity contribution in [2.24, 2.45) is 0 Å². The second kappa shape index (κ2) is 8.35. The topological polar surface area (TPSA) is 61.0 Å². The van der Waals surface area contributed by atoms with E-state index in [1.165, 1.54) is 17.7 Å². The van der Waals surface area contributed by atoms with Crippen molar-refractivity contribution < 1.29 is 9.18 Å². The molecule has 0 bridgehead atoms. The maximum absolute atomic E-state index is 13.0. The number of halogens is 1. The molecule has 2 heterocycles. The van der Waals surface area contributed by atoms with Crippen LogP contribution in [0.2, 0.25) is 0 Å². The molecule has 5 nitrogen and oxygen atoms in total. The van der Waals surface area contributed by atoms with Gasteiger partial charge in [-0.15, -0.1) is 0 Å². The molecule has 0 unspecified atom stereocenters. The van der Waals surface area contributed by atoms with E-state index in [2.05, 4.69) is 44.7 Å². The number of carbonyl (C=O) groups excluding carboxylic acids is 1. The first-order valence-electron chi connectivity index (χ1n) is 9.56. The Morgan fingerprint density at radius 3 is 2.75 bits per heavy atom. The van der Waals surface area contributed by atoms with Crippen molar-refractivity contribution >= 4 is 5.91 Å². The van der Waals surface area contributed by atoms with Gasteiger partial charge in [-0.3, -0.25) is 9.89 Å². The Bertz CT molecular complexity index is 923. The smallest absolute Gasteiger partial charge is 0.269 e. The molecular weight excluding hydrogens is 355 g/mol. The summed E-state index contributed by atoms with van der Waals surface area (Å²) in [7, 11) is 0. The summed E-state index contributed by atoms with van der Waals surface area (Å²) in [5.74, 6) is 0.0936. The van der Waals surface area contributed by atoms with E-state index < -0.39 is 0 Å². The maximum atomic E-state index is 13.0. The highest BCUT2D eigenvalue weighted by Crippen LogP contribution is 2.26. The molecule has 2 aromatic carbocycles. The van der Waals surface area contributed by atoms with Crippen LogP contribution in [0.5, 0.6) is 0 Å². The van der Waals surface area contributed by atoms with Gasteiger partial charge in [-0.25, -0.2) is 4.39 Å². The quantitative estimate of drug-likeness (QED) is 0.691. The van der Waals surface area contributed by atoms with Crippen molar-refractivity contribution in [1.82, 2.24) is 20.4 Å². The molecule has 2 N–H and O–H groups in total. The van der Waals surface area contributed by atoms with Gasteiger partial charge >= 0.3 is 0 Å². The average Bonchev–Trinajstić information content (AvgIpc) is 3.39. The molecule has 0 spiro atoms. The molecule has 1 aliphatic rings. The summed E-state index contributed by atoms with van der Waals surface area (Å²) in [6.07, 6.45) is 1.15. The molecule has 1 atom stereocenters. The Labute approximate surface area is 163 Å². The van der Waals surface area contributed by atoms with Crippen LogP contribution in [0.3, 0.4) is 0 Å². The van der Waals surface area contributed by atoms with Crippen molar-refractivity contribution in [1.29, 1.82) is 0 Å². The number of H-pyrrole nitrogens is 1. The van der Waals surface area contributed by atoms with Gasteiger partial charge in [0, 0.05) is 25.2 Å². The third-order valence-corrected chi connectivity index (χ3v) is 5.22. The number of hydrogen-bond acceptors (Lipinski definition) is 3. The van der Waals surface area contributed by atoms with Crippen molar-refractivity contribution in [2.75, 3.05) is 26.2 Å². The minimum absolute atomic E-state index is 0.181. The van der Waals surface area contributed by atoms with Crippen LogP contribution in [-0.2, 0) is 0 Å². The third-order valence-electron chi connectivity index (χ3n) is 5.22. The number of aromatic amines is 1. The summed E-state index contributed by atoms with van der Waals surface area (Å²) >= 11 is 0. The van der Waals surface area contributed by atoms with E-state index in [1.807, 2.05) is 6.07 Å². The molecule has 1 aromatic heterocycles. The first-order chi connectivity index (χ1) is 13.7. The van der Waals surface area contributed by atoms with Crippen molar-refractivity contribution in [3.8, 4) is 11.3 Å². The second-order valence-electron chi connectivity index (χ2n) is 7.13. The van der Waals surface area contributed by atoms with E-state index in [1.54, 1.807) is 18.2 Å². The van der Waals surface area contributed by atoms with E-state index in [9.17, 15) is 9.18 Å². The van der Waals surface area contributed by atoms with Crippen molar-refractivity contribution in [3.63, 3.8) is 0 Å². The van der Waals surface area contributed by atoms with Gasteiger partial charge in [0.25, 0.3) is 5.91 Å². The molecule has 28 heavy (non-hydrogen) atoms. The Morgan fingerprint density at radius 1 is 1.18 bits per heavy atom. The van der Waals surface area contributed by atoms with Crippen LogP contribution in [0.15, 0.2) is 60.7 Å². The van der Waals surface area contributed by atoms with Crippen molar-refractivity contribution in [3.05, 3.63) is 77.7 Å². The van der Waals surface area contributed by atoms with E-state index in [0.717, 1.165) is 31.6 Å². The van der Waals surface area contributed by atoms with E-state index in [-0.39, 0.29) is 11.7 Å². The summed E-state index contributed by atoms with van der Waals surface area (Å²) in [6, 6.07) is 18.3. The maximum Gasteiger partial charge on any atom is 0.269 e. The number of amides is 1. The molecule has 0 radical (unpaired) electrons. The lowest BCUT2D eigenvalue weighted by Crippen LogP contribution is -2.34. The van der Waals surface area contributed by atoms with Crippen LogP contribution >= 0.6 is 0 Å². The molecule has 1 amide bonds. The number of hydrogen-bond donors (Lipinski definition) is 2. The van der Waals surface area contributed by atoms with Crippen LogP contribution < -0.4 is 5.32 Å². The third kappa shape index (κ3) is 4.28. The zero-order valence-corrected chi connectivity index (χ0v) is 15.6. The van der Waals surface area contributed by atoms with Crippen LogP contribution in [0, 0.1) is 5.82 Å². The van der Waals surface area contributed by atoms with Crippen LogP contribution in [0.1, 0.15) is 28.4 Å². The largest absolute Gasteiger partial charge is 0.349 e. The molecule has 0 saturated carbocycles. The summed E-state index contributed by atoms with van der Waals surface area (Å²) < 4.78 is 13.0. The van der Waals surface area contributed by atoms with Gasteiger partial charge < -0.3 is 10.2 Å². The number of rotatable bonds is 6. The first-order valence-corrected chi connectivity index (χ1v) is 9.56. The minimum atomic E-state index is -0.298. The molecule has 4 rings (SSSR count). The van der Waals surface area contributed by atoms with Gasteiger partial charge in [0.15, 0.2) is 0 Å². The SMILES string of the molecule is O=C(NCCN1CC[C@@H](c2ccccc2)C1)c1cc(-c2ccc(F)cc2)n[nH]1. The Kier molecular flexibility index (Phi) is 5.48. The molecule has 6 heteroatoms. The minimum Gasteiger partial charge on any atom is -0.349 e. The van der Waals surface area contributed by atoms with E-state index in [4.69, 9.17) is 0 Å². The number of nitrogens with one attached hydrogen (secondary N) is 2.